The molecule has 0 saturated heterocycles. The molecule has 34 heavy (non-hydrogen) atoms. The van der Waals surface area contributed by atoms with E-state index >= 15 is 0 Å². The van der Waals surface area contributed by atoms with Gasteiger partial charge in [0.25, 0.3) is 0 Å². The molecule has 2 unspecified atom stereocenters. The third kappa shape index (κ3) is 10.8. The van der Waals surface area contributed by atoms with Gasteiger partial charge in [-0.25, -0.2) is 0 Å². The summed E-state index contributed by atoms with van der Waals surface area (Å²) in [4.78, 5) is 0. The molecule has 0 aliphatic carbocycles. The summed E-state index contributed by atoms with van der Waals surface area (Å²) < 4.78 is 0. The van der Waals surface area contributed by atoms with Crippen LogP contribution in [-0.4, -0.2) is 34.4 Å². The van der Waals surface area contributed by atoms with Crippen molar-refractivity contribution in [2.75, 3.05) is 24.6 Å². The first-order chi connectivity index (χ1) is 15.4. The number of aliphatic hydroxyl groups is 2. The Bertz CT molecular complexity index is 835. The first-order valence-electron chi connectivity index (χ1n) is 10.8. The maximum Gasteiger partial charge on any atom is 0.0915 e. The molecule has 0 amide bonds. The number of anilines is 2. The van der Waals surface area contributed by atoms with E-state index in [1.54, 1.807) is 24.3 Å². The van der Waals surface area contributed by atoms with Crippen LogP contribution < -0.4 is 22.1 Å². The van der Waals surface area contributed by atoms with Gasteiger partial charge in [0, 0.05) is 24.2 Å². The van der Waals surface area contributed by atoms with Gasteiger partial charge >= 0.3 is 0 Å². The van der Waals surface area contributed by atoms with E-state index in [-0.39, 0.29) is 11.1 Å². The number of rotatable bonds is 6. The largest absolute Gasteiger partial charge is 0.396 e. The highest BCUT2D eigenvalue weighted by atomic mass is 35.5. The van der Waals surface area contributed by atoms with Crippen LogP contribution in [0.2, 0.25) is 20.1 Å². The van der Waals surface area contributed by atoms with Crippen LogP contribution in [0.25, 0.3) is 0 Å². The van der Waals surface area contributed by atoms with Crippen LogP contribution in [0.5, 0.6) is 0 Å². The van der Waals surface area contributed by atoms with E-state index in [2.05, 4.69) is 10.6 Å². The number of benzene rings is 2. The fraction of sp³-hybridized carbons (Fsp3) is 0.500. The van der Waals surface area contributed by atoms with E-state index in [4.69, 9.17) is 57.9 Å². The van der Waals surface area contributed by atoms with Gasteiger partial charge in [-0.15, -0.1) is 0 Å². The summed E-state index contributed by atoms with van der Waals surface area (Å²) in [5.41, 5.74) is 13.2. The predicted molar refractivity (Wildman–Crippen MR) is 147 cm³/mol. The van der Waals surface area contributed by atoms with Crippen molar-refractivity contribution < 1.29 is 10.2 Å². The minimum Gasteiger partial charge on any atom is -0.396 e. The van der Waals surface area contributed by atoms with Crippen LogP contribution in [0.15, 0.2) is 24.3 Å². The molecule has 2 aromatic carbocycles. The third-order valence-electron chi connectivity index (χ3n) is 4.62. The summed E-state index contributed by atoms with van der Waals surface area (Å²) >= 11 is 23.6. The van der Waals surface area contributed by atoms with E-state index in [9.17, 15) is 10.2 Å². The van der Waals surface area contributed by atoms with E-state index in [1.807, 2.05) is 41.5 Å². The van der Waals surface area contributed by atoms with Crippen LogP contribution in [0.4, 0.5) is 11.4 Å². The van der Waals surface area contributed by atoms with E-state index in [0.29, 0.717) is 55.7 Å². The zero-order chi connectivity index (χ0) is 26.4. The van der Waals surface area contributed by atoms with Crippen molar-refractivity contribution in [3.05, 3.63) is 55.5 Å². The Hall–Kier alpha value is -0.960. The van der Waals surface area contributed by atoms with Gasteiger partial charge in [-0.3, -0.25) is 0 Å². The van der Waals surface area contributed by atoms with Gasteiger partial charge in [-0.05, 0) is 76.9 Å². The lowest BCUT2D eigenvalue weighted by Crippen LogP contribution is -2.38. The molecule has 0 spiro atoms. The average Bonchev–Trinajstić information content (AvgIpc) is 2.71. The molecule has 0 heterocycles. The summed E-state index contributed by atoms with van der Waals surface area (Å²) in [5.74, 6) is 0. The van der Waals surface area contributed by atoms with Crippen molar-refractivity contribution in [3.63, 3.8) is 0 Å². The molecular formula is C24H36Cl4N4O2. The van der Waals surface area contributed by atoms with Crippen molar-refractivity contribution >= 4 is 57.8 Å². The van der Waals surface area contributed by atoms with Gasteiger partial charge in [0.2, 0.25) is 0 Å². The lowest BCUT2D eigenvalue weighted by molar-refractivity contribution is 0.163. The SMILES string of the molecule is CC(C)(C)NCC(O)c1cc(Cl)c(N)c(Cl)c1.CC(C)(C)NCC(O)c1cc(Cl)c(N)c(Cl)c1. The number of nitrogens with two attached hydrogens (primary N) is 2. The molecule has 0 fully saturated rings. The Morgan fingerprint density at radius 3 is 1.09 bits per heavy atom. The Balaban J connectivity index is 0.000000340. The molecule has 6 nitrogen and oxygen atoms in total. The molecule has 0 radical (unpaired) electrons. The van der Waals surface area contributed by atoms with Gasteiger partial charge in [0.1, 0.15) is 0 Å². The van der Waals surface area contributed by atoms with Crippen LogP contribution in [0.1, 0.15) is 64.9 Å². The van der Waals surface area contributed by atoms with Crippen molar-refractivity contribution in [2.24, 2.45) is 0 Å². The first-order valence-corrected chi connectivity index (χ1v) is 12.3. The van der Waals surface area contributed by atoms with E-state index in [1.165, 1.54) is 0 Å². The zero-order valence-corrected chi connectivity index (χ0v) is 23.5. The van der Waals surface area contributed by atoms with E-state index < -0.39 is 12.2 Å². The van der Waals surface area contributed by atoms with Crippen LogP contribution in [0.3, 0.4) is 0 Å². The molecule has 0 saturated carbocycles. The molecule has 10 heteroatoms. The molecule has 192 valence electrons. The lowest BCUT2D eigenvalue weighted by Gasteiger charge is -2.23. The topological polar surface area (TPSA) is 117 Å². The van der Waals surface area contributed by atoms with Crippen LogP contribution in [0, 0.1) is 0 Å². The average molecular weight is 554 g/mol. The van der Waals surface area contributed by atoms with Crippen molar-refractivity contribution in [1.82, 2.24) is 10.6 Å². The molecule has 2 atom stereocenters. The molecule has 0 aliphatic heterocycles. The lowest BCUT2D eigenvalue weighted by atomic mass is 10.1. The molecule has 0 aromatic heterocycles. The third-order valence-corrected chi connectivity index (χ3v) is 5.87. The Labute approximate surface area is 222 Å². The minimum absolute atomic E-state index is 0.0532. The fourth-order valence-corrected chi connectivity index (χ4v) is 3.64. The summed E-state index contributed by atoms with van der Waals surface area (Å²) in [7, 11) is 0. The second kappa shape index (κ2) is 12.8. The number of aliphatic hydroxyl groups excluding tert-OH is 2. The second-order valence-electron chi connectivity index (χ2n) is 10.1. The van der Waals surface area contributed by atoms with Crippen molar-refractivity contribution in [2.45, 2.75) is 64.8 Å². The van der Waals surface area contributed by atoms with Crippen LogP contribution >= 0.6 is 46.4 Å². The highest BCUT2D eigenvalue weighted by Gasteiger charge is 2.17. The number of halogens is 4. The number of nitrogen functional groups attached to an aromatic ring is 2. The highest BCUT2D eigenvalue weighted by molar-refractivity contribution is 6.39. The number of hydrogen-bond acceptors (Lipinski definition) is 6. The molecule has 2 aromatic rings. The molecule has 8 N–H and O–H groups in total. The van der Waals surface area contributed by atoms with Crippen molar-refractivity contribution in [3.8, 4) is 0 Å². The summed E-state index contributed by atoms with van der Waals surface area (Å²) in [6.07, 6.45) is -1.32. The van der Waals surface area contributed by atoms with Gasteiger partial charge in [0.15, 0.2) is 0 Å². The minimum atomic E-state index is -0.662. The zero-order valence-electron chi connectivity index (χ0n) is 20.4. The fourth-order valence-electron chi connectivity index (χ4n) is 2.63. The standard InChI is InChI=1S/2C12H18Cl2N2O/c2*1-12(2,3)16-6-10(17)7-4-8(13)11(15)9(14)5-7/h2*4-5,10,16-17H,6,15H2,1-3H3. The summed E-state index contributed by atoms with van der Waals surface area (Å²) in [6.45, 7) is 13.0. The van der Waals surface area contributed by atoms with Gasteiger partial charge in [-0.2, -0.15) is 0 Å². The van der Waals surface area contributed by atoms with Crippen molar-refractivity contribution in [1.29, 1.82) is 0 Å². The molecule has 0 aliphatic rings. The van der Waals surface area contributed by atoms with E-state index in [0.717, 1.165) is 0 Å². The Morgan fingerprint density at radius 1 is 0.647 bits per heavy atom. The normalized spacial score (nSPS) is 13.8. The summed E-state index contributed by atoms with van der Waals surface area (Å²) in [5, 5.41) is 27.9. The quantitative estimate of drug-likeness (QED) is 0.244. The first kappa shape index (κ1) is 31.1. The maximum absolute atomic E-state index is 10.0. The Morgan fingerprint density at radius 2 is 0.882 bits per heavy atom. The summed E-state index contributed by atoms with van der Waals surface area (Å²) in [6, 6.07) is 6.55. The number of β-amino-alcohol motifs (C(OH)–C–C–N with tert-alkyl or cyclic N) is 2. The number of hydrogen-bond donors (Lipinski definition) is 6. The number of nitrogens with one attached hydrogen (secondary N) is 2. The second-order valence-corrected chi connectivity index (χ2v) is 11.7. The highest BCUT2D eigenvalue weighted by Crippen LogP contribution is 2.32. The molecular weight excluding hydrogens is 518 g/mol. The van der Waals surface area contributed by atoms with Gasteiger partial charge < -0.3 is 32.3 Å². The monoisotopic (exact) mass is 552 g/mol. The van der Waals surface area contributed by atoms with Crippen LogP contribution in [-0.2, 0) is 0 Å². The smallest absolute Gasteiger partial charge is 0.0915 e. The predicted octanol–water partition coefficient (Wildman–Crippen LogP) is 5.99. The maximum atomic E-state index is 10.0. The van der Waals surface area contributed by atoms with Gasteiger partial charge in [0.05, 0.1) is 43.7 Å². The van der Waals surface area contributed by atoms with Gasteiger partial charge in [-0.1, -0.05) is 46.4 Å². The molecule has 0 bridgehead atoms. The molecule has 2 rings (SSSR count). The Kier molecular flexibility index (Phi) is 11.7.